The predicted molar refractivity (Wildman–Crippen MR) is 107 cm³/mol. The van der Waals surface area contributed by atoms with E-state index in [4.69, 9.17) is 9.47 Å². The summed E-state index contributed by atoms with van der Waals surface area (Å²) in [5.41, 5.74) is 1.33. The number of nitrogens with zero attached hydrogens (tertiary/aromatic N) is 2. The fraction of sp³-hybridized carbons (Fsp3) is 0.350. The Balaban J connectivity index is 2.10. The number of methoxy groups -OCH3 is 2. The van der Waals surface area contributed by atoms with Gasteiger partial charge in [0.05, 0.1) is 37.4 Å². The van der Waals surface area contributed by atoms with Gasteiger partial charge in [-0.25, -0.2) is 0 Å². The van der Waals surface area contributed by atoms with Crippen molar-refractivity contribution in [2.45, 2.75) is 19.9 Å². The van der Waals surface area contributed by atoms with Crippen molar-refractivity contribution in [1.82, 2.24) is 4.90 Å². The van der Waals surface area contributed by atoms with E-state index in [2.05, 4.69) is 5.32 Å². The molecular weight excluding hydrogens is 362 g/mol. The van der Waals surface area contributed by atoms with Crippen LogP contribution >= 0.6 is 0 Å². The van der Waals surface area contributed by atoms with Gasteiger partial charge < -0.3 is 14.8 Å². The minimum absolute atomic E-state index is 0.00427. The molecule has 150 valence electrons. The van der Waals surface area contributed by atoms with Crippen molar-refractivity contribution in [3.05, 3.63) is 58.1 Å². The molecule has 0 saturated heterocycles. The molecule has 1 unspecified atom stereocenters. The summed E-state index contributed by atoms with van der Waals surface area (Å²) in [7, 11) is 3.02. The monoisotopic (exact) mass is 387 g/mol. The fourth-order valence-electron chi connectivity index (χ4n) is 2.91. The van der Waals surface area contributed by atoms with Crippen molar-refractivity contribution in [2.24, 2.45) is 0 Å². The highest BCUT2D eigenvalue weighted by Crippen LogP contribution is 2.29. The Labute approximate surface area is 164 Å². The fourth-order valence-corrected chi connectivity index (χ4v) is 2.91. The lowest BCUT2D eigenvalue weighted by atomic mass is 10.1. The first kappa shape index (κ1) is 21.2. The minimum Gasteiger partial charge on any atom is -0.497 e. The molecule has 1 amide bonds. The number of nitro benzene ring substituents is 1. The number of carbonyl (C=O) groups is 1. The second kappa shape index (κ2) is 9.70. The predicted octanol–water partition coefficient (Wildman–Crippen LogP) is 3.63. The summed E-state index contributed by atoms with van der Waals surface area (Å²) in [6.07, 6.45) is 0. The molecule has 0 heterocycles. The first-order chi connectivity index (χ1) is 13.4. The standard InChI is InChI=1S/C20H25N3O5/c1-5-22(14(2)15-7-6-8-17(11-15)27-3)13-20(24)21-18-10-9-16(23(25)26)12-19(18)28-4/h6-12,14H,5,13H2,1-4H3,(H,21,24). The smallest absolute Gasteiger partial charge is 0.273 e. The molecule has 0 radical (unpaired) electrons. The minimum atomic E-state index is -0.511. The van der Waals surface area contributed by atoms with E-state index >= 15 is 0 Å². The summed E-state index contributed by atoms with van der Waals surface area (Å²) >= 11 is 0. The van der Waals surface area contributed by atoms with Crippen LogP contribution in [0.2, 0.25) is 0 Å². The number of benzene rings is 2. The van der Waals surface area contributed by atoms with Gasteiger partial charge in [0.1, 0.15) is 11.5 Å². The number of hydrogen-bond acceptors (Lipinski definition) is 6. The molecule has 1 atom stereocenters. The number of nitro groups is 1. The third kappa shape index (κ3) is 5.20. The van der Waals surface area contributed by atoms with Crippen LogP contribution in [0.4, 0.5) is 11.4 Å². The molecule has 2 aromatic rings. The second-order valence-corrected chi connectivity index (χ2v) is 6.21. The molecule has 0 saturated carbocycles. The molecule has 8 heteroatoms. The van der Waals surface area contributed by atoms with E-state index in [0.29, 0.717) is 12.2 Å². The topological polar surface area (TPSA) is 93.9 Å². The third-order valence-electron chi connectivity index (χ3n) is 4.55. The van der Waals surface area contributed by atoms with E-state index in [1.807, 2.05) is 43.0 Å². The maximum Gasteiger partial charge on any atom is 0.273 e. The van der Waals surface area contributed by atoms with Crippen molar-refractivity contribution >= 4 is 17.3 Å². The lowest BCUT2D eigenvalue weighted by Gasteiger charge is -2.28. The molecular formula is C20H25N3O5. The van der Waals surface area contributed by atoms with E-state index in [-0.39, 0.29) is 29.9 Å². The number of carbonyl (C=O) groups excluding carboxylic acids is 1. The largest absolute Gasteiger partial charge is 0.497 e. The maximum atomic E-state index is 12.6. The Bertz CT molecular complexity index is 840. The van der Waals surface area contributed by atoms with E-state index in [9.17, 15) is 14.9 Å². The van der Waals surface area contributed by atoms with Crippen LogP contribution in [-0.4, -0.2) is 43.0 Å². The summed E-state index contributed by atoms with van der Waals surface area (Å²) in [6.45, 7) is 4.84. The van der Waals surface area contributed by atoms with Gasteiger partial charge in [0.15, 0.2) is 0 Å². The average Bonchev–Trinajstić information content (AvgIpc) is 2.71. The Morgan fingerprint density at radius 1 is 1.21 bits per heavy atom. The molecule has 0 fully saturated rings. The average molecular weight is 387 g/mol. The zero-order chi connectivity index (χ0) is 20.7. The van der Waals surface area contributed by atoms with Crippen LogP contribution in [0, 0.1) is 10.1 Å². The van der Waals surface area contributed by atoms with Crippen LogP contribution in [-0.2, 0) is 4.79 Å². The Hall–Kier alpha value is -3.13. The lowest BCUT2D eigenvalue weighted by molar-refractivity contribution is -0.384. The number of ether oxygens (including phenoxy) is 2. The molecule has 2 aromatic carbocycles. The van der Waals surface area contributed by atoms with Gasteiger partial charge >= 0.3 is 0 Å². The number of anilines is 1. The molecule has 28 heavy (non-hydrogen) atoms. The van der Waals surface area contributed by atoms with Gasteiger partial charge in [0.25, 0.3) is 5.69 Å². The summed E-state index contributed by atoms with van der Waals surface area (Å²) in [5.74, 6) is 0.774. The Kier molecular flexibility index (Phi) is 7.34. The highest BCUT2D eigenvalue weighted by molar-refractivity contribution is 5.94. The third-order valence-corrected chi connectivity index (χ3v) is 4.55. The van der Waals surface area contributed by atoms with E-state index in [1.54, 1.807) is 7.11 Å². The van der Waals surface area contributed by atoms with Crippen LogP contribution in [0.5, 0.6) is 11.5 Å². The summed E-state index contributed by atoms with van der Waals surface area (Å²) in [5, 5.41) is 13.7. The van der Waals surface area contributed by atoms with Crippen molar-refractivity contribution in [2.75, 3.05) is 32.6 Å². The van der Waals surface area contributed by atoms with Crippen LogP contribution in [0.1, 0.15) is 25.5 Å². The summed E-state index contributed by atoms with van der Waals surface area (Å²) < 4.78 is 10.4. The van der Waals surface area contributed by atoms with Crippen molar-refractivity contribution < 1.29 is 19.2 Å². The Morgan fingerprint density at radius 2 is 1.96 bits per heavy atom. The van der Waals surface area contributed by atoms with Gasteiger partial charge in [0, 0.05) is 12.1 Å². The second-order valence-electron chi connectivity index (χ2n) is 6.21. The van der Waals surface area contributed by atoms with E-state index in [0.717, 1.165) is 11.3 Å². The van der Waals surface area contributed by atoms with Crippen LogP contribution in [0.25, 0.3) is 0 Å². The molecule has 2 rings (SSSR count). The molecule has 0 aliphatic carbocycles. The van der Waals surface area contributed by atoms with Crippen LogP contribution in [0.15, 0.2) is 42.5 Å². The molecule has 8 nitrogen and oxygen atoms in total. The van der Waals surface area contributed by atoms with Crippen molar-refractivity contribution in [3.8, 4) is 11.5 Å². The van der Waals surface area contributed by atoms with Crippen molar-refractivity contribution in [3.63, 3.8) is 0 Å². The number of likely N-dealkylation sites (N-methyl/N-ethyl adjacent to an activating group) is 1. The molecule has 0 aromatic heterocycles. The Morgan fingerprint density at radius 3 is 2.57 bits per heavy atom. The molecule has 0 spiro atoms. The van der Waals surface area contributed by atoms with Gasteiger partial charge in [-0.2, -0.15) is 0 Å². The first-order valence-electron chi connectivity index (χ1n) is 8.89. The summed E-state index contributed by atoms with van der Waals surface area (Å²) in [4.78, 5) is 25.0. The van der Waals surface area contributed by atoms with Crippen LogP contribution < -0.4 is 14.8 Å². The van der Waals surface area contributed by atoms with Gasteiger partial charge in [-0.1, -0.05) is 19.1 Å². The SMILES string of the molecule is CCN(CC(=O)Nc1ccc([N+](=O)[O-])cc1OC)C(C)c1cccc(OC)c1. The number of non-ortho nitro benzene ring substituents is 1. The molecule has 0 bridgehead atoms. The summed E-state index contributed by atoms with van der Waals surface area (Å²) in [6, 6.07) is 11.8. The van der Waals surface area contributed by atoms with Gasteiger partial charge in [-0.15, -0.1) is 0 Å². The number of amides is 1. The first-order valence-corrected chi connectivity index (χ1v) is 8.89. The van der Waals surface area contributed by atoms with E-state index < -0.39 is 4.92 Å². The quantitative estimate of drug-likeness (QED) is 0.522. The van der Waals surface area contributed by atoms with Gasteiger partial charge in [-0.05, 0) is 37.2 Å². The lowest BCUT2D eigenvalue weighted by Crippen LogP contribution is -2.35. The maximum absolute atomic E-state index is 12.6. The highest BCUT2D eigenvalue weighted by atomic mass is 16.6. The molecule has 1 N–H and O–H groups in total. The van der Waals surface area contributed by atoms with Gasteiger partial charge in [0.2, 0.25) is 5.91 Å². The van der Waals surface area contributed by atoms with E-state index in [1.165, 1.54) is 25.3 Å². The highest BCUT2D eigenvalue weighted by Gasteiger charge is 2.19. The number of nitrogens with one attached hydrogen (secondary N) is 1. The zero-order valence-electron chi connectivity index (χ0n) is 16.5. The zero-order valence-corrected chi connectivity index (χ0v) is 16.5. The normalized spacial score (nSPS) is 11.8. The molecule has 0 aliphatic rings. The van der Waals surface area contributed by atoms with Crippen LogP contribution in [0.3, 0.4) is 0 Å². The van der Waals surface area contributed by atoms with Gasteiger partial charge in [-0.3, -0.25) is 19.8 Å². The van der Waals surface area contributed by atoms with Crippen molar-refractivity contribution in [1.29, 1.82) is 0 Å². The molecule has 0 aliphatic heterocycles. The number of rotatable bonds is 9. The number of hydrogen-bond donors (Lipinski definition) is 1.